The molecule has 7 heteroatoms. The number of alkyl carbamates (subject to hydrolysis) is 1. The van der Waals surface area contributed by atoms with Gasteiger partial charge < -0.3 is 20.5 Å². The van der Waals surface area contributed by atoms with Gasteiger partial charge in [-0.3, -0.25) is 4.79 Å². The molecule has 0 saturated heterocycles. The first-order chi connectivity index (χ1) is 16.0. The second-order valence-corrected chi connectivity index (χ2v) is 8.16. The lowest BCUT2D eigenvalue weighted by Crippen LogP contribution is -2.41. The van der Waals surface area contributed by atoms with Crippen LogP contribution in [0.5, 0.6) is 0 Å². The highest BCUT2D eigenvalue weighted by Gasteiger charge is 2.30. The minimum atomic E-state index is -1.06. The van der Waals surface area contributed by atoms with E-state index in [9.17, 15) is 14.4 Å². The SMILES string of the molecule is O=C(O)/C=C/CNC(=O)[C@@H]1CC=C[C@@H](NC(=O)OCC2c3ccccc3-c3ccccc32)C1. The molecule has 0 aliphatic heterocycles. The van der Waals surface area contributed by atoms with Crippen molar-refractivity contribution < 1.29 is 24.2 Å². The van der Waals surface area contributed by atoms with Crippen molar-refractivity contribution in [2.75, 3.05) is 13.2 Å². The second kappa shape index (κ2) is 10.2. The van der Waals surface area contributed by atoms with E-state index < -0.39 is 12.1 Å². The molecule has 2 atom stereocenters. The van der Waals surface area contributed by atoms with Crippen LogP contribution in [0.4, 0.5) is 4.79 Å². The number of hydrogen-bond donors (Lipinski definition) is 3. The molecule has 2 aliphatic carbocycles. The molecule has 0 fully saturated rings. The molecule has 0 aromatic heterocycles. The fourth-order valence-corrected chi connectivity index (χ4v) is 4.46. The van der Waals surface area contributed by atoms with Crippen LogP contribution >= 0.6 is 0 Å². The van der Waals surface area contributed by atoms with Gasteiger partial charge in [0.25, 0.3) is 0 Å². The monoisotopic (exact) mass is 446 g/mol. The van der Waals surface area contributed by atoms with E-state index in [1.807, 2.05) is 36.4 Å². The largest absolute Gasteiger partial charge is 0.478 e. The van der Waals surface area contributed by atoms with Crippen LogP contribution in [-0.4, -0.2) is 42.3 Å². The zero-order valence-electron chi connectivity index (χ0n) is 18.1. The van der Waals surface area contributed by atoms with E-state index in [0.29, 0.717) is 12.8 Å². The summed E-state index contributed by atoms with van der Waals surface area (Å²) in [6, 6.07) is 16.0. The van der Waals surface area contributed by atoms with E-state index >= 15 is 0 Å². The lowest BCUT2D eigenvalue weighted by molar-refractivity contribution is -0.131. The second-order valence-electron chi connectivity index (χ2n) is 8.16. The van der Waals surface area contributed by atoms with Gasteiger partial charge in [0.15, 0.2) is 0 Å². The topological polar surface area (TPSA) is 105 Å². The van der Waals surface area contributed by atoms with Crippen molar-refractivity contribution in [1.29, 1.82) is 0 Å². The van der Waals surface area contributed by atoms with Crippen molar-refractivity contribution in [2.45, 2.75) is 24.8 Å². The summed E-state index contributed by atoms with van der Waals surface area (Å²) < 4.78 is 5.59. The van der Waals surface area contributed by atoms with Gasteiger partial charge in [-0.2, -0.15) is 0 Å². The Labute approximate surface area is 192 Å². The predicted octanol–water partition coefficient (Wildman–Crippen LogP) is 3.62. The Morgan fingerprint density at radius 3 is 2.36 bits per heavy atom. The molecule has 2 amide bonds. The summed E-state index contributed by atoms with van der Waals surface area (Å²) in [6.45, 7) is 0.381. The van der Waals surface area contributed by atoms with Gasteiger partial charge >= 0.3 is 12.1 Å². The summed E-state index contributed by atoms with van der Waals surface area (Å²) in [6.07, 6.45) is 6.61. The van der Waals surface area contributed by atoms with Gasteiger partial charge in [-0.25, -0.2) is 9.59 Å². The van der Waals surface area contributed by atoms with Crippen molar-refractivity contribution >= 4 is 18.0 Å². The van der Waals surface area contributed by atoms with E-state index in [-0.39, 0.29) is 36.9 Å². The summed E-state index contributed by atoms with van der Waals surface area (Å²) >= 11 is 0. The van der Waals surface area contributed by atoms with Crippen LogP contribution in [0.1, 0.15) is 29.9 Å². The van der Waals surface area contributed by atoms with E-state index in [0.717, 1.165) is 17.2 Å². The maximum absolute atomic E-state index is 12.5. The molecule has 33 heavy (non-hydrogen) atoms. The van der Waals surface area contributed by atoms with Crippen molar-refractivity contribution in [3.8, 4) is 11.1 Å². The van der Waals surface area contributed by atoms with Gasteiger partial charge in [-0.1, -0.05) is 66.8 Å². The Balaban J connectivity index is 1.30. The Morgan fingerprint density at radius 1 is 1.03 bits per heavy atom. The van der Waals surface area contributed by atoms with E-state index in [4.69, 9.17) is 9.84 Å². The number of rotatable bonds is 7. The number of carboxylic acid groups (broad SMARTS) is 1. The molecule has 2 aromatic carbocycles. The Bertz CT molecular complexity index is 1060. The summed E-state index contributed by atoms with van der Waals surface area (Å²) in [4.78, 5) is 35.3. The normalized spacial score (nSPS) is 19.0. The third-order valence-corrected chi connectivity index (χ3v) is 6.00. The van der Waals surface area contributed by atoms with Gasteiger partial charge in [0.2, 0.25) is 5.91 Å². The summed E-state index contributed by atoms with van der Waals surface area (Å²) in [5.41, 5.74) is 4.64. The van der Waals surface area contributed by atoms with Crippen molar-refractivity contribution in [3.05, 3.63) is 84.0 Å². The Morgan fingerprint density at radius 2 is 1.70 bits per heavy atom. The molecule has 7 nitrogen and oxygen atoms in total. The Hall–Kier alpha value is -3.87. The number of aliphatic carboxylic acids is 1. The number of nitrogens with one attached hydrogen (secondary N) is 2. The first-order valence-electron chi connectivity index (χ1n) is 11.0. The molecule has 0 spiro atoms. The summed E-state index contributed by atoms with van der Waals surface area (Å²) in [5.74, 6) is -1.54. The van der Waals surface area contributed by atoms with Crippen LogP contribution in [0, 0.1) is 5.92 Å². The highest BCUT2D eigenvalue weighted by atomic mass is 16.5. The van der Waals surface area contributed by atoms with Gasteiger partial charge in [0, 0.05) is 24.5 Å². The van der Waals surface area contributed by atoms with Gasteiger partial charge in [-0.15, -0.1) is 0 Å². The standard InChI is InChI=1S/C26H26N2O5/c29-24(30)13-6-14-27-25(31)17-7-5-8-18(15-17)28-26(32)33-16-23-21-11-3-1-9-19(21)20-10-2-4-12-22(20)23/h1-6,8-13,17-18,23H,7,14-16H2,(H,27,31)(H,28,32)(H,29,30)/b13-6+/t17-,18-/m1/s1. The van der Waals surface area contributed by atoms with Crippen molar-refractivity contribution in [1.82, 2.24) is 10.6 Å². The fourth-order valence-electron chi connectivity index (χ4n) is 4.46. The van der Waals surface area contributed by atoms with Gasteiger partial charge in [-0.05, 0) is 35.1 Å². The van der Waals surface area contributed by atoms with E-state index in [1.165, 1.54) is 17.2 Å². The molecule has 0 unspecified atom stereocenters. The molecule has 0 saturated carbocycles. The van der Waals surface area contributed by atoms with E-state index in [2.05, 4.69) is 34.9 Å². The molecule has 3 N–H and O–H groups in total. The fraction of sp³-hybridized carbons (Fsp3) is 0.269. The average Bonchev–Trinajstić information content (AvgIpc) is 3.14. The first kappa shape index (κ1) is 22.3. The van der Waals surface area contributed by atoms with Crippen LogP contribution in [0.2, 0.25) is 0 Å². The highest BCUT2D eigenvalue weighted by molar-refractivity contribution is 5.81. The van der Waals surface area contributed by atoms with E-state index in [1.54, 1.807) is 0 Å². The molecule has 0 radical (unpaired) electrons. The smallest absolute Gasteiger partial charge is 0.407 e. The molecule has 2 aromatic rings. The average molecular weight is 447 g/mol. The minimum Gasteiger partial charge on any atom is -0.478 e. The number of ether oxygens (including phenoxy) is 1. The summed E-state index contributed by atoms with van der Waals surface area (Å²) in [5, 5.41) is 14.1. The predicted molar refractivity (Wildman–Crippen MR) is 124 cm³/mol. The number of amides is 2. The molecule has 0 bridgehead atoms. The zero-order valence-corrected chi connectivity index (χ0v) is 18.1. The number of hydrogen-bond acceptors (Lipinski definition) is 4. The van der Waals surface area contributed by atoms with Crippen LogP contribution in [-0.2, 0) is 14.3 Å². The van der Waals surface area contributed by atoms with Crippen LogP contribution < -0.4 is 10.6 Å². The molecule has 4 rings (SSSR count). The highest BCUT2D eigenvalue weighted by Crippen LogP contribution is 2.44. The van der Waals surface area contributed by atoms with Crippen molar-refractivity contribution in [3.63, 3.8) is 0 Å². The maximum atomic E-state index is 12.5. The quantitative estimate of drug-likeness (QED) is 0.445. The lowest BCUT2D eigenvalue weighted by atomic mass is 9.90. The first-order valence-corrected chi connectivity index (χ1v) is 11.0. The number of carboxylic acids is 1. The molecule has 0 heterocycles. The molecular weight excluding hydrogens is 420 g/mol. The number of carbonyl (C=O) groups is 3. The number of carbonyl (C=O) groups excluding carboxylic acids is 2. The maximum Gasteiger partial charge on any atom is 0.407 e. The molecular formula is C26H26N2O5. The van der Waals surface area contributed by atoms with Crippen LogP contribution in [0.3, 0.4) is 0 Å². The van der Waals surface area contributed by atoms with Crippen LogP contribution in [0.15, 0.2) is 72.8 Å². The van der Waals surface area contributed by atoms with Crippen LogP contribution in [0.25, 0.3) is 11.1 Å². The number of allylic oxidation sites excluding steroid dienone is 1. The van der Waals surface area contributed by atoms with Gasteiger partial charge in [0.1, 0.15) is 6.61 Å². The Kier molecular flexibility index (Phi) is 6.88. The van der Waals surface area contributed by atoms with Crippen molar-refractivity contribution in [2.24, 2.45) is 5.92 Å². The number of fused-ring (bicyclic) bond motifs is 3. The third-order valence-electron chi connectivity index (χ3n) is 6.00. The minimum absolute atomic E-state index is 0.0116. The number of benzene rings is 2. The molecule has 2 aliphatic rings. The van der Waals surface area contributed by atoms with Gasteiger partial charge in [0.05, 0.1) is 6.04 Å². The molecule has 170 valence electrons. The summed E-state index contributed by atoms with van der Waals surface area (Å²) in [7, 11) is 0. The third kappa shape index (κ3) is 5.31. The lowest BCUT2D eigenvalue weighted by Gasteiger charge is -2.25. The zero-order chi connectivity index (χ0) is 23.2.